The number of para-hydroxylation sites is 1. The normalized spacial score (nSPS) is 10.2. The van der Waals surface area contributed by atoms with E-state index in [9.17, 15) is 4.79 Å². The molecule has 0 saturated carbocycles. The van der Waals surface area contributed by atoms with E-state index in [1.165, 1.54) is 6.07 Å². The highest BCUT2D eigenvalue weighted by atomic mass is 16.5. The van der Waals surface area contributed by atoms with Crippen LogP contribution in [-0.4, -0.2) is 21.3 Å². The standard InChI is InChI=1S/C17H12N2O3/c20-17(21)13-6-4-5-12(11-13)15-9-10-16(19-18-15)22-14-7-2-1-3-8-14/h1-11H,(H,20,21). The summed E-state index contributed by atoms with van der Waals surface area (Å²) in [6.07, 6.45) is 0. The van der Waals surface area contributed by atoms with Gasteiger partial charge in [-0.15, -0.1) is 10.2 Å². The van der Waals surface area contributed by atoms with Crippen molar-refractivity contribution in [3.8, 4) is 22.9 Å². The number of aromatic carboxylic acids is 1. The van der Waals surface area contributed by atoms with Gasteiger partial charge in [-0.05, 0) is 30.3 Å². The van der Waals surface area contributed by atoms with Gasteiger partial charge in [-0.3, -0.25) is 0 Å². The SMILES string of the molecule is O=C(O)c1cccc(-c2ccc(Oc3ccccc3)nn2)c1. The second kappa shape index (κ2) is 6.05. The smallest absolute Gasteiger partial charge is 0.335 e. The number of carboxylic acids is 1. The average molecular weight is 292 g/mol. The zero-order valence-electron chi connectivity index (χ0n) is 11.5. The first-order chi connectivity index (χ1) is 10.7. The van der Waals surface area contributed by atoms with E-state index in [1.54, 1.807) is 30.3 Å². The third-order valence-electron chi connectivity index (χ3n) is 3.01. The van der Waals surface area contributed by atoms with Gasteiger partial charge in [0, 0.05) is 11.6 Å². The number of hydrogen-bond acceptors (Lipinski definition) is 4. The van der Waals surface area contributed by atoms with Gasteiger partial charge in [0.1, 0.15) is 5.75 Å². The lowest BCUT2D eigenvalue weighted by Gasteiger charge is -2.05. The third kappa shape index (κ3) is 3.09. The van der Waals surface area contributed by atoms with Gasteiger partial charge in [-0.1, -0.05) is 30.3 Å². The quantitative estimate of drug-likeness (QED) is 0.795. The molecule has 0 spiro atoms. The summed E-state index contributed by atoms with van der Waals surface area (Å²) in [5.74, 6) is 0.0839. The molecule has 0 saturated heterocycles. The molecule has 0 aliphatic carbocycles. The number of aromatic nitrogens is 2. The molecule has 0 fully saturated rings. The highest BCUT2D eigenvalue weighted by Crippen LogP contribution is 2.22. The largest absolute Gasteiger partial charge is 0.478 e. The van der Waals surface area contributed by atoms with Crippen LogP contribution in [-0.2, 0) is 0 Å². The summed E-state index contributed by atoms with van der Waals surface area (Å²) >= 11 is 0. The molecule has 3 rings (SSSR count). The Morgan fingerprint density at radius 2 is 1.73 bits per heavy atom. The van der Waals surface area contributed by atoms with E-state index in [1.807, 2.05) is 30.3 Å². The molecule has 2 aromatic carbocycles. The molecule has 5 nitrogen and oxygen atoms in total. The van der Waals surface area contributed by atoms with Gasteiger partial charge >= 0.3 is 5.97 Å². The number of rotatable bonds is 4. The summed E-state index contributed by atoms with van der Waals surface area (Å²) < 4.78 is 5.56. The molecular weight excluding hydrogens is 280 g/mol. The van der Waals surface area contributed by atoms with Gasteiger partial charge in [0.05, 0.1) is 11.3 Å². The molecule has 0 aliphatic heterocycles. The van der Waals surface area contributed by atoms with Crippen molar-refractivity contribution in [1.29, 1.82) is 0 Å². The van der Waals surface area contributed by atoms with E-state index in [0.29, 0.717) is 22.9 Å². The summed E-state index contributed by atoms with van der Waals surface area (Å²) in [4.78, 5) is 11.0. The Labute approximate surface area is 126 Å². The van der Waals surface area contributed by atoms with E-state index in [-0.39, 0.29) is 5.56 Å². The number of carbonyl (C=O) groups is 1. The van der Waals surface area contributed by atoms with Crippen LogP contribution in [0, 0.1) is 0 Å². The van der Waals surface area contributed by atoms with E-state index in [4.69, 9.17) is 9.84 Å². The molecule has 5 heteroatoms. The predicted octanol–water partition coefficient (Wildman–Crippen LogP) is 3.63. The van der Waals surface area contributed by atoms with E-state index >= 15 is 0 Å². The van der Waals surface area contributed by atoms with Gasteiger partial charge in [0.25, 0.3) is 0 Å². The van der Waals surface area contributed by atoms with Crippen LogP contribution < -0.4 is 4.74 Å². The fraction of sp³-hybridized carbons (Fsp3) is 0. The van der Waals surface area contributed by atoms with Crippen molar-refractivity contribution in [2.75, 3.05) is 0 Å². The highest BCUT2D eigenvalue weighted by Gasteiger charge is 2.07. The van der Waals surface area contributed by atoms with Crippen molar-refractivity contribution in [3.05, 3.63) is 72.3 Å². The Kier molecular flexibility index (Phi) is 3.78. The summed E-state index contributed by atoms with van der Waals surface area (Å²) in [6, 6.07) is 19.3. The molecule has 0 atom stereocenters. The molecular formula is C17H12N2O3. The van der Waals surface area contributed by atoms with Gasteiger partial charge < -0.3 is 9.84 Å². The Balaban J connectivity index is 1.82. The lowest BCUT2D eigenvalue weighted by Crippen LogP contribution is -1.97. The molecule has 0 amide bonds. The molecule has 1 heterocycles. The van der Waals surface area contributed by atoms with Crippen molar-refractivity contribution < 1.29 is 14.6 Å². The second-order valence-corrected chi connectivity index (χ2v) is 4.56. The zero-order valence-corrected chi connectivity index (χ0v) is 11.5. The molecule has 0 aliphatic rings. The first-order valence-corrected chi connectivity index (χ1v) is 6.63. The third-order valence-corrected chi connectivity index (χ3v) is 3.01. The molecule has 22 heavy (non-hydrogen) atoms. The molecule has 108 valence electrons. The summed E-state index contributed by atoms with van der Waals surface area (Å²) in [7, 11) is 0. The van der Waals surface area contributed by atoms with E-state index < -0.39 is 5.97 Å². The molecule has 1 aromatic heterocycles. The minimum atomic E-state index is -0.973. The maximum absolute atomic E-state index is 11.0. The number of nitrogens with zero attached hydrogens (tertiary/aromatic N) is 2. The van der Waals surface area contributed by atoms with Gasteiger partial charge in [0.2, 0.25) is 5.88 Å². The van der Waals surface area contributed by atoms with Crippen LogP contribution in [0.3, 0.4) is 0 Å². The first kappa shape index (κ1) is 13.8. The van der Waals surface area contributed by atoms with Crippen LogP contribution >= 0.6 is 0 Å². The maximum atomic E-state index is 11.0. The molecule has 1 N–H and O–H groups in total. The summed E-state index contributed by atoms with van der Waals surface area (Å²) in [5.41, 5.74) is 1.49. The maximum Gasteiger partial charge on any atom is 0.335 e. The average Bonchev–Trinajstić information content (AvgIpc) is 2.56. The highest BCUT2D eigenvalue weighted by molar-refractivity contribution is 5.89. The van der Waals surface area contributed by atoms with Crippen molar-refractivity contribution in [2.24, 2.45) is 0 Å². The Morgan fingerprint density at radius 1 is 0.909 bits per heavy atom. The van der Waals surface area contributed by atoms with Gasteiger partial charge in [-0.25, -0.2) is 4.79 Å². The minimum Gasteiger partial charge on any atom is -0.478 e. The van der Waals surface area contributed by atoms with Crippen molar-refractivity contribution >= 4 is 5.97 Å². The van der Waals surface area contributed by atoms with Crippen molar-refractivity contribution in [3.63, 3.8) is 0 Å². The van der Waals surface area contributed by atoms with Crippen LogP contribution in [0.4, 0.5) is 0 Å². The molecule has 0 bridgehead atoms. The number of ether oxygens (including phenoxy) is 1. The van der Waals surface area contributed by atoms with Crippen LogP contribution in [0.25, 0.3) is 11.3 Å². The van der Waals surface area contributed by atoms with Gasteiger partial charge in [-0.2, -0.15) is 0 Å². The fourth-order valence-electron chi connectivity index (χ4n) is 1.95. The first-order valence-electron chi connectivity index (χ1n) is 6.63. The van der Waals surface area contributed by atoms with E-state index in [0.717, 1.165) is 0 Å². The topological polar surface area (TPSA) is 72.3 Å². The number of carboxylic acid groups (broad SMARTS) is 1. The molecule has 3 aromatic rings. The van der Waals surface area contributed by atoms with Gasteiger partial charge in [0.15, 0.2) is 0 Å². The van der Waals surface area contributed by atoms with Crippen LogP contribution in [0.1, 0.15) is 10.4 Å². The lowest BCUT2D eigenvalue weighted by molar-refractivity contribution is 0.0697. The Bertz CT molecular complexity index is 787. The van der Waals surface area contributed by atoms with Crippen molar-refractivity contribution in [2.45, 2.75) is 0 Å². The zero-order chi connectivity index (χ0) is 15.4. The van der Waals surface area contributed by atoms with Crippen LogP contribution in [0.15, 0.2) is 66.7 Å². The van der Waals surface area contributed by atoms with Crippen LogP contribution in [0.5, 0.6) is 11.6 Å². The Hall–Kier alpha value is -3.21. The fourth-order valence-corrected chi connectivity index (χ4v) is 1.95. The minimum absolute atomic E-state index is 0.212. The molecule has 0 unspecified atom stereocenters. The van der Waals surface area contributed by atoms with E-state index in [2.05, 4.69) is 10.2 Å². The number of hydrogen-bond donors (Lipinski definition) is 1. The van der Waals surface area contributed by atoms with Crippen molar-refractivity contribution in [1.82, 2.24) is 10.2 Å². The predicted molar refractivity (Wildman–Crippen MR) is 80.9 cm³/mol. The lowest BCUT2D eigenvalue weighted by atomic mass is 10.1. The summed E-state index contributed by atoms with van der Waals surface area (Å²) in [5, 5.41) is 17.1. The monoisotopic (exact) mass is 292 g/mol. The summed E-state index contributed by atoms with van der Waals surface area (Å²) in [6.45, 7) is 0. The Morgan fingerprint density at radius 3 is 2.41 bits per heavy atom. The van der Waals surface area contributed by atoms with Crippen LogP contribution in [0.2, 0.25) is 0 Å². The molecule has 0 radical (unpaired) electrons. The number of benzene rings is 2. The second-order valence-electron chi connectivity index (χ2n) is 4.56.